The number of urea groups is 1. The van der Waals surface area contributed by atoms with Crippen LogP contribution < -0.4 is 4.90 Å². The number of aliphatic carboxylic acids is 1. The van der Waals surface area contributed by atoms with E-state index in [0.29, 0.717) is 12.1 Å². The number of carbonyl (C=O) groups is 2. The van der Waals surface area contributed by atoms with E-state index in [-0.39, 0.29) is 12.1 Å². The Kier molecular flexibility index (Phi) is 4.77. The second kappa shape index (κ2) is 6.39. The molecule has 21 heavy (non-hydrogen) atoms. The molecule has 2 atom stereocenters. The van der Waals surface area contributed by atoms with E-state index in [1.807, 2.05) is 37.4 Å². The fourth-order valence-corrected chi connectivity index (χ4v) is 3.24. The van der Waals surface area contributed by atoms with Crippen LogP contribution in [0.3, 0.4) is 0 Å². The van der Waals surface area contributed by atoms with Crippen LogP contribution in [0.2, 0.25) is 0 Å². The monoisotopic (exact) mass is 308 g/mol. The fourth-order valence-electron chi connectivity index (χ4n) is 2.53. The van der Waals surface area contributed by atoms with E-state index in [1.165, 1.54) is 4.90 Å². The van der Waals surface area contributed by atoms with Gasteiger partial charge in [0.1, 0.15) is 6.04 Å². The van der Waals surface area contributed by atoms with Crippen molar-refractivity contribution >= 4 is 29.4 Å². The smallest absolute Gasteiger partial charge is 0.327 e. The molecule has 1 aromatic carbocycles. The molecule has 6 heteroatoms. The maximum absolute atomic E-state index is 12.7. The fraction of sp³-hybridized carbons (Fsp3) is 0.467. The van der Waals surface area contributed by atoms with Gasteiger partial charge in [-0.3, -0.25) is 4.90 Å². The number of carboxylic acids is 1. The van der Waals surface area contributed by atoms with Crippen molar-refractivity contribution in [3.63, 3.8) is 0 Å². The lowest BCUT2D eigenvalue weighted by Crippen LogP contribution is -2.51. The minimum atomic E-state index is -0.967. The zero-order valence-electron chi connectivity index (χ0n) is 12.4. The highest BCUT2D eigenvalue weighted by molar-refractivity contribution is 7.98. The molecule has 5 nitrogen and oxygen atoms in total. The number of hydrogen-bond donors (Lipinski definition) is 1. The third-order valence-corrected chi connectivity index (χ3v) is 4.65. The average molecular weight is 308 g/mol. The molecule has 0 spiro atoms. The van der Waals surface area contributed by atoms with E-state index in [2.05, 4.69) is 0 Å². The summed E-state index contributed by atoms with van der Waals surface area (Å²) < 4.78 is 0. The first-order chi connectivity index (χ1) is 9.97. The van der Waals surface area contributed by atoms with Crippen molar-refractivity contribution in [1.29, 1.82) is 0 Å². The molecule has 0 bridgehead atoms. The largest absolute Gasteiger partial charge is 0.480 e. The van der Waals surface area contributed by atoms with Crippen molar-refractivity contribution in [3.8, 4) is 0 Å². The van der Waals surface area contributed by atoms with Gasteiger partial charge in [0, 0.05) is 31.0 Å². The minimum Gasteiger partial charge on any atom is -0.480 e. The first-order valence-electron chi connectivity index (χ1n) is 6.83. The van der Waals surface area contributed by atoms with Crippen molar-refractivity contribution in [2.75, 3.05) is 24.0 Å². The molecule has 114 valence electrons. The summed E-state index contributed by atoms with van der Waals surface area (Å²) >= 11 is 1.66. The number of para-hydroxylation sites is 1. The Balaban J connectivity index is 2.30. The Labute approximate surface area is 128 Å². The molecule has 0 saturated heterocycles. The molecular formula is C15H20N2O3S. The molecule has 0 aromatic heterocycles. The molecule has 0 fully saturated rings. The maximum atomic E-state index is 12.7. The number of hydrogen-bond acceptors (Lipinski definition) is 3. The van der Waals surface area contributed by atoms with Gasteiger partial charge in [0.05, 0.1) is 0 Å². The van der Waals surface area contributed by atoms with Crippen LogP contribution in [-0.2, 0) is 11.2 Å². The molecular weight excluding hydrogens is 288 g/mol. The Hall–Kier alpha value is -1.69. The van der Waals surface area contributed by atoms with Crippen molar-refractivity contribution in [1.82, 2.24) is 4.90 Å². The molecule has 0 saturated carbocycles. The van der Waals surface area contributed by atoms with Gasteiger partial charge in [-0.15, -0.1) is 0 Å². The quantitative estimate of drug-likeness (QED) is 0.927. The van der Waals surface area contributed by atoms with E-state index < -0.39 is 12.0 Å². The number of nitrogens with zero attached hydrogens (tertiary/aromatic N) is 2. The first-order valence-corrected chi connectivity index (χ1v) is 8.22. The highest BCUT2D eigenvalue weighted by Crippen LogP contribution is 2.33. The van der Waals surface area contributed by atoms with Crippen LogP contribution in [0.4, 0.5) is 10.5 Å². The number of rotatable bonds is 4. The molecule has 2 rings (SSSR count). The summed E-state index contributed by atoms with van der Waals surface area (Å²) in [4.78, 5) is 27.2. The van der Waals surface area contributed by atoms with E-state index in [4.69, 9.17) is 0 Å². The Bertz CT molecular complexity index is 549. The minimum absolute atomic E-state index is 0.0507. The number of thioether (sulfide) groups is 1. The van der Waals surface area contributed by atoms with E-state index in [0.717, 1.165) is 11.3 Å². The van der Waals surface area contributed by atoms with Gasteiger partial charge >= 0.3 is 12.0 Å². The van der Waals surface area contributed by atoms with Gasteiger partial charge < -0.3 is 10.0 Å². The Morgan fingerprint density at radius 1 is 1.48 bits per heavy atom. The van der Waals surface area contributed by atoms with Crippen LogP contribution in [0.5, 0.6) is 0 Å². The lowest BCUT2D eigenvalue weighted by molar-refractivity contribution is -0.138. The number of fused-ring (bicyclic) bond motifs is 1. The highest BCUT2D eigenvalue weighted by Gasteiger charge is 2.40. The SMILES string of the molecule is CSCC(C)N(C)C(=O)N1c2ccccc2C[C@H]1C(=O)O. The van der Waals surface area contributed by atoms with Crippen LogP contribution in [-0.4, -0.2) is 53.1 Å². The van der Waals surface area contributed by atoms with E-state index in [9.17, 15) is 14.7 Å². The van der Waals surface area contributed by atoms with Crippen molar-refractivity contribution in [2.24, 2.45) is 0 Å². The van der Waals surface area contributed by atoms with Gasteiger partial charge in [0.15, 0.2) is 0 Å². The van der Waals surface area contributed by atoms with E-state index >= 15 is 0 Å². The zero-order valence-corrected chi connectivity index (χ0v) is 13.3. The summed E-state index contributed by atoms with van der Waals surface area (Å²) in [5, 5.41) is 9.41. The topological polar surface area (TPSA) is 60.9 Å². The third-order valence-electron chi connectivity index (χ3n) is 3.84. The van der Waals surface area contributed by atoms with Crippen LogP contribution in [0.25, 0.3) is 0 Å². The van der Waals surface area contributed by atoms with Crippen LogP contribution >= 0.6 is 11.8 Å². The molecule has 1 heterocycles. The standard InChI is InChI=1S/C15H20N2O3S/c1-10(9-21-3)16(2)15(20)17-12-7-5-4-6-11(12)8-13(17)14(18)19/h4-7,10,13H,8-9H2,1-3H3,(H,18,19)/t10?,13-/m0/s1. The summed E-state index contributed by atoms with van der Waals surface area (Å²) in [5.41, 5.74) is 1.61. The lowest BCUT2D eigenvalue weighted by atomic mass is 10.1. The molecule has 0 aliphatic carbocycles. The van der Waals surface area contributed by atoms with Crippen molar-refractivity contribution in [3.05, 3.63) is 29.8 Å². The van der Waals surface area contributed by atoms with Gasteiger partial charge in [-0.1, -0.05) is 18.2 Å². The van der Waals surface area contributed by atoms with Gasteiger partial charge in [-0.25, -0.2) is 9.59 Å². The molecule has 0 radical (unpaired) electrons. The zero-order chi connectivity index (χ0) is 15.6. The van der Waals surface area contributed by atoms with Crippen molar-refractivity contribution in [2.45, 2.75) is 25.4 Å². The maximum Gasteiger partial charge on any atom is 0.327 e. The third kappa shape index (κ3) is 3.00. The van der Waals surface area contributed by atoms with Gasteiger partial charge in [-0.2, -0.15) is 11.8 Å². The number of amides is 2. The Morgan fingerprint density at radius 3 is 2.76 bits per heavy atom. The summed E-state index contributed by atoms with van der Waals surface area (Å²) in [6.45, 7) is 1.96. The predicted molar refractivity (Wildman–Crippen MR) is 85.1 cm³/mol. The van der Waals surface area contributed by atoms with Gasteiger partial charge in [0.2, 0.25) is 0 Å². The molecule has 1 aliphatic rings. The summed E-state index contributed by atoms with van der Waals surface area (Å²) in [6.07, 6.45) is 2.35. The molecule has 1 N–H and O–H groups in total. The average Bonchev–Trinajstić information content (AvgIpc) is 2.85. The molecule has 1 aliphatic heterocycles. The molecule has 2 amide bonds. The van der Waals surface area contributed by atoms with Crippen molar-refractivity contribution < 1.29 is 14.7 Å². The number of carbonyl (C=O) groups excluding carboxylic acids is 1. The normalized spacial score (nSPS) is 18.2. The molecule has 1 aromatic rings. The summed E-state index contributed by atoms with van der Waals surface area (Å²) in [5.74, 6) is -0.152. The summed E-state index contributed by atoms with van der Waals surface area (Å²) in [6, 6.07) is 6.36. The van der Waals surface area contributed by atoms with Gasteiger partial charge in [0.25, 0.3) is 0 Å². The first kappa shape index (κ1) is 15.7. The van der Waals surface area contributed by atoms with Crippen LogP contribution in [0.1, 0.15) is 12.5 Å². The highest BCUT2D eigenvalue weighted by atomic mass is 32.2. The van der Waals surface area contributed by atoms with Gasteiger partial charge in [-0.05, 0) is 24.8 Å². The number of benzene rings is 1. The molecule has 1 unspecified atom stereocenters. The second-order valence-electron chi connectivity index (χ2n) is 5.25. The lowest BCUT2D eigenvalue weighted by Gasteiger charge is -2.31. The second-order valence-corrected chi connectivity index (χ2v) is 6.17. The number of carboxylic acid groups (broad SMARTS) is 1. The van der Waals surface area contributed by atoms with Crippen LogP contribution in [0, 0.1) is 0 Å². The predicted octanol–water partition coefficient (Wildman–Crippen LogP) is 2.31. The number of anilines is 1. The summed E-state index contributed by atoms with van der Waals surface area (Å²) in [7, 11) is 1.73. The van der Waals surface area contributed by atoms with Crippen LogP contribution in [0.15, 0.2) is 24.3 Å². The van der Waals surface area contributed by atoms with E-state index in [1.54, 1.807) is 23.7 Å². The Morgan fingerprint density at radius 2 is 2.14 bits per heavy atom.